The quantitative estimate of drug-likeness (QED) is 0.541. The van der Waals surface area contributed by atoms with Crippen LogP contribution in [0.5, 0.6) is 5.75 Å². The molecule has 11 heteroatoms. The van der Waals surface area contributed by atoms with Gasteiger partial charge in [0.25, 0.3) is 5.82 Å². The number of alkyl halides is 3. The third kappa shape index (κ3) is 4.76. The molecule has 0 bridgehead atoms. The van der Waals surface area contributed by atoms with E-state index in [-0.39, 0.29) is 29.7 Å². The van der Waals surface area contributed by atoms with E-state index in [1.165, 1.54) is 18.2 Å². The summed E-state index contributed by atoms with van der Waals surface area (Å²) in [4.78, 5) is 2.17. The molecule has 1 saturated heterocycles. The summed E-state index contributed by atoms with van der Waals surface area (Å²) in [6, 6.07) is 10.8. The Hall–Kier alpha value is -3.05. The molecular weight excluding hydrogens is 452 g/mol. The standard InChI is InChI=1S/C23H24F4N6O/c24-16-5-3-14(4-6-16)21-19(28)2-1-11-32(21)13-15-12-17(7-10-20(15)34-18-8-9-18)33-22(23(25,26)27)29-30-31-33/h3-7,10,12,18-19,21H,1-2,8-9,11,13,28H2. The smallest absolute Gasteiger partial charge is 0.453 e. The van der Waals surface area contributed by atoms with Gasteiger partial charge in [-0.2, -0.15) is 17.9 Å². The molecule has 0 spiro atoms. The van der Waals surface area contributed by atoms with Crippen molar-refractivity contribution in [1.29, 1.82) is 0 Å². The Balaban J connectivity index is 1.50. The minimum Gasteiger partial charge on any atom is -0.490 e. The highest BCUT2D eigenvalue weighted by molar-refractivity contribution is 5.45. The molecule has 1 saturated carbocycles. The first-order chi connectivity index (χ1) is 16.3. The van der Waals surface area contributed by atoms with Gasteiger partial charge in [0.2, 0.25) is 0 Å². The maximum absolute atomic E-state index is 13.5. The second kappa shape index (κ2) is 8.95. The second-order valence-corrected chi connectivity index (χ2v) is 8.79. The molecule has 2 aromatic carbocycles. The summed E-state index contributed by atoms with van der Waals surface area (Å²) in [6.07, 6.45) is -0.995. The number of halogens is 4. The van der Waals surface area contributed by atoms with Crippen LogP contribution < -0.4 is 10.5 Å². The van der Waals surface area contributed by atoms with Gasteiger partial charge in [-0.15, -0.1) is 5.10 Å². The first-order valence-corrected chi connectivity index (χ1v) is 11.2. The van der Waals surface area contributed by atoms with Crippen LogP contribution in [-0.2, 0) is 12.7 Å². The summed E-state index contributed by atoms with van der Waals surface area (Å²) in [5.74, 6) is -0.905. The van der Waals surface area contributed by atoms with Crippen molar-refractivity contribution in [3.05, 3.63) is 65.2 Å². The number of nitrogens with zero attached hydrogens (tertiary/aromatic N) is 5. The SMILES string of the molecule is NC1CCCN(Cc2cc(-n3nnnc3C(F)(F)F)ccc2OC2CC2)C1c1ccc(F)cc1. The summed E-state index contributed by atoms with van der Waals surface area (Å²) in [5.41, 5.74) is 8.28. The number of hydrogen-bond donors (Lipinski definition) is 1. The van der Waals surface area contributed by atoms with Crippen LogP contribution in [0.4, 0.5) is 17.6 Å². The van der Waals surface area contributed by atoms with Crippen LogP contribution in [0.25, 0.3) is 5.69 Å². The van der Waals surface area contributed by atoms with E-state index < -0.39 is 12.0 Å². The lowest BCUT2D eigenvalue weighted by Crippen LogP contribution is -2.45. The largest absolute Gasteiger partial charge is 0.490 e. The molecule has 7 nitrogen and oxygen atoms in total. The van der Waals surface area contributed by atoms with Crippen molar-refractivity contribution in [3.8, 4) is 11.4 Å². The number of hydrogen-bond acceptors (Lipinski definition) is 6. The van der Waals surface area contributed by atoms with Gasteiger partial charge in [-0.25, -0.2) is 4.39 Å². The Labute approximate surface area is 193 Å². The van der Waals surface area contributed by atoms with Crippen molar-refractivity contribution in [2.24, 2.45) is 5.73 Å². The molecule has 2 N–H and O–H groups in total. The molecule has 1 aliphatic heterocycles. The molecular formula is C23H24F4N6O. The third-order valence-electron chi connectivity index (χ3n) is 6.20. The van der Waals surface area contributed by atoms with Gasteiger partial charge in [-0.05, 0) is 78.6 Å². The van der Waals surface area contributed by atoms with Crippen LogP contribution in [0.15, 0.2) is 42.5 Å². The van der Waals surface area contributed by atoms with Crippen LogP contribution >= 0.6 is 0 Å². The fourth-order valence-electron chi connectivity index (χ4n) is 4.45. The van der Waals surface area contributed by atoms with Crippen LogP contribution in [0, 0.1) is 5.82 Å². The monoisotopic (exact) mass is 476 g/mol. The highest BCUT2D eigenvalue weighted by atomic mass is 19.4. The maximum Gasteiger partial charge on any atom is 0.453 e. The fraction of sp³-hybridized carbons (Fsp3) is 0.435. The molecule has 0 amide bonds. The van der Waals surface area contributed by atoms with Crippen LogP contribution in [0.3, 0.4) is 0 Å². The van der Waals surface area contributed by atoms with Crippen molar-refractivity contribution in [3.63, 3.8) is 0 Å². The van der Waals surface area contributed by atoms with Crippen molar-refractivity contribution < 1.29 is 22.3 Å². The Morgan fingerprint density at radius 1 is 1.06 bits per heavy atom. The van der Waals surface area contributed by atoms with Crippen LogP contribution in [0.2, 0.25) is 0 Å². The first kappa shape index (κ1) is 22.7. The average Bonchev–Trinajstić information content (AvgIpc) is 3.46. The molecule has 2 unspecified atom stereocenters. The molecule has 0 radical (unpaired) electrons. The summed E-state index contributed by atoms with van der Waals surface area (Å²) in [7, 11) is 0. The van der Waals surface area contributed by atoms with Gasteiger partial charge in [0.1, 0.15) is 11.6 Å². The van der Waals surface area contributed by atoms with E-state index in [0.717, 1.165) is 37.8 Å². The minimum absolute atomic E-state index is 0.111. The zero-order valence-electron chi connectivity index (χ0n) is 18.2. The van der Waals surface area contributed by atoms with Crippen molar-refractivity contribution >= 4 is 0 Å². The Morgan fingerprint density at radius 3 is 2.53 bits per heavy atom. The summed E-state index contributed by atoms with van der Waals surface area (Å²) >= 11 is 0. The Kier molecular flexibility index (Phi) is 5.98. The molecule has 1 aliphatic carbocycles. The predicted molar refractivity (Wildman–Crippen MR) is 115 cm³/mol. The lowest BCUT2D eigenvalue weighted by Gasteiger charge is -2.40. The second-order valence-electron chi connectivity index (χ2n) is 8.79. The molecule has 180 valence electrons. The molecule has 3 aromatic rings. The number of tetrazole rings is 1. The van der Waals surface area contributed by atoms with E-state index in [1.54, 1.807) is 24.3 Å². The number of nitrogens with two attached hydrogens (primary N) is 1. The van der Waals surface area contributed by atoms with Crippen LogP contribution in [0.1, 0.15) is 48.7 Å². The first-order valence-electron chi connectivity index (χ1n) is 11.2. The topological polar surface area (TPSA) is 82.1 Å². The van der Waals surface area contributed by atoms with Gasteiger partial charge in [-0.1, -0.05) is 12.1 Å². The molecule has 2 aliphatic rings. The highest BCUT2D eigenvalue weighted by Crippen LogP contribution is 2.36. The van der Waals surface area contributed by atoms with E-state index in [1.807, 2.05) is 0 Å². The van der Waals surface area contributed by atoms with E-state index in [4.69, 9.17) is 10.5 Å². The summed E-state index contributed by atoms with van der Waals surface area (Å²) < 4.78 is 60.4. The predicted octanol–water partition coefficient (Wildman–Crippen LogP) is 4.03. The lowest BCUT2D eigenvalue weighted by molar-refractivity contribution is -0.146. The minimum atomic E-state index is -4.69. The van der Waals surface area contributed by atoms with Gasteiger partial charge < -0.3 is 10.5 Å². The number of aromatic nitrogens is 4. The molecule has 34 heavy (non-hydrogen) atoms. The normalized spacial score (nSPS) is 21.6. The molecule has 2 fully saturated rings. The lowest BCUT2D eigenvalue weighted by atomic mass is 9.90. The fourth-order valence-corrected chi connectivity index (χ4v) is 4.45. The van der Waals surface area contributed by atoms with E-state index in [2.05, 4.69) is 20.4 Å². The number of benzene rings is 2. The summed E-state index contributed by atoms with van der Waals surface area (Å²) in [5, 5.41) is 9.91. The maximum atomic E-state index is 13.5. The van der Waals surface area contributed by atoms with Gasteiger partial charge in [0.15, 0.2) is 0 Å². The van der Waals surface area contributed by atoms with Gasteiger partial charge in [0.05, 0.1) is 17.8 Å². The van der Waals surface area contributed by atoms with Crippen molar-refractivity contribution in [2.75, 3.05) is 6.54 Å². The van der Waals surface area contributed by atoms with Gasteiger partial charge in [0, 0.05) is 18.2 Å². The Morgan fingerprint density at radius 2 is 1.82 bits per heavy atom. The molecule has 2 heterocycles. The average molecular weight is 476 g/mol. The highest BCUT2D eigenvalue weighted by Gasteiger charge is 2.39. The third-order valence-corrected chi connectivity index (χ3v) is 6.20. The summed E-state index contributed by atoms with van der Waals surface area (Å²) in [6.45, 7) is 1.14. The number of ether oxygens (including phenoxy) is 1. The van der Waals surface area contributed by atoms with E-state index in [0.29, 0.717) is 22.5 Å². The zero-order chi connectivity index (χ0) is 23.9. The molecule has 2 atom stereocenters. The van der Waals surface area contributed by atoms with E-state index >= 15 is 0 Å². The van der Waals surface area contributed by atoms with Gasteiger partial charge >= 0.3 is 6.18 Å². The molecule has 1 aromatic heterocycles. The van der Waals surface area contributed by atoms with E-state index in [9.17, 15) is 17.6 Å². The molecule has 5 rings (SSSR count). The van der Waals surface area contributed by atoms with Gasteiger partial charge in [-0.3, -0.25) is 4.90 Å². The number of likely N-dealkylation sites (tertiary alicyclic amines) is 1. The number of rotatable bonds is 6. The Bertz CT molecular complexity index is 1150. The van der Waals surface area contributed by atoms with Crippen LogP contribution in [-0.4, -0.2) is 43.8 Å². The van der Waals surface area contributed by atoms with Crippen molar-refractivity contribution in [2.45, 2.75) is 56.6 Å². The zero-order valence-corrected chi connectivity index (χ0v) is 18.2. The number of piperidine rings is 1. The van der Waals surface area contributed by atoms with Crippen molar-refractivity contribution in [1.82, 2.24) is 25.1 Å².